The zero-order valence-corrected chi connectivity index (χ0v) is 9.73. The summed E-state index contributed by atoms with van der Waals surface area (Å²) in [5, 5.41) is 9.56. The number of benzene rings is 2. The summed E-state index contributed by atoms with van der Waals surface area (Å²) in [6, 6.07) is 9.83. The van der Waals surface area contributed by atoms with Gasteiger partial charge in [0.05, 0.1) is 6.10 Å². The van der Waals surface area contributed by atoms with E-state index in [1.165, 1.54) is 6.07 Å². The van der Waals surface area contributed by atoms with Crippen molar-refractivity contribution in [1.29, 1.82) is 0 Å². The predicted molar refractivity (Wildman–Crippen MR) is 63.5 cm³/mol. The third kappa shape index (κ3) is 2.65. The Morgan fingerprint density at radius 1 is 1.06 bits per heavy atom. The molecule has 4 heteroatoms. The monoisotopic (exact) mass is 250 g/mol. The highest BCUT2D eigenvalue weighted by Gasteiger charge is 2.11. The van der Waals surface area contributed by atoms with Crippen molar-refractivity contribution in [2.24, 2.45) is 0 Å². The molecule has 0 bridgehead atoms. The molecule has 2 rings (SSSR count). The zero-order chi connectivity index (χ0) is 13.1. The van der Waals surface area contributed by atoms with Gasteiger partial charge in [-0.3, -0.25) is 0 Å². The lowest BCUT2D eigenvalue weighted by Crippen LogP contribution is -1.97. The third-order valence-electron chi connectivity index (χ3n) is 2.48. The standard InChI is InChI=1S/C14H12F2O2/c1-9(17)11-4-2-3-5-13(11)18-14-7-6-10(15)8-12(14)16/h2-9,17H,1H3. The number of hydrogen-bond acceptors (Lipinski definition) is 2. The molecule has 18 heavy (non-hydrogen) atoms. The molecule has 0 heterocycles. The molecule has 2 aromatic carbocycles. The van der Waals surface area contributed by atoms with Gasteiger partial charge in [0.15, 0.2) is 11.6 Å². The molecule has 0 saturated heterocycles. The molecule has 1 unspecified atom stereocenters. The maximum atomic E-state index is 13.4. The van der Waals surface area contributed by atoms with E-state index in [9.17, 15) is 13.9 Å². The molecule has 0 aliphatic carbocycles. The van der Waals surface area contributed by atoms with Crippen LogP contribution in [0.25, 0.3) is 0 Å². The highest BCUT2D eigenvalue weighted by atomic mass is 19.1. The topological polar surface area (TPSA) is 29.5 Å². The molecule has 2 nitrogen and oxygen atoms in total. The summed E-state index contributed by atoms with van der Waals surface area (Å²) in [6.45, 7) is 1.59. The second-order valence-corrected chi connectivity index (χ2v) is 3.89. The summed E-state index contributed by atoms with van der Waals surface area (Å²) in [5.74, 6) is -1.18. The summed E-state index contributed by atoms with van der Waals surface area (Å²) in [5.41, 5.74) is 0.543. The number of aliphatic hydroxyl groups excluding tert-OH is 1. The van der Waals surface area contributed by atoms with Crippen molar-refractivity contribution in [3.63, 3.8) is 0 Å². The van der Waals surface area contributed by atoms with E-state index in [1.807, 2.05) is 0 Å². The van der Waals surface area contributed by atoms with Crippen LogP contribution in [-0.4, -0.2) is 5.11 Å². The maximum Gasteiger partial charge on any atom is 0.168 e. The van der Waals surface area contributed by atoms with Crippen LogP contribution in [0.4, 0.5) is 8.78 Å². The van der Waals surface area contributed by atoms with Crippen LogP contribution in [0.3, 0.4) is 0 Å². The first kappa shape index (κ1) is 12.5. The smallest absolute Gasteiger partial charge is 0.168 e. The largest absolute Gasteiger partial charge is 0.454 e. The Hall–Kier alpha value is -1.94. The molecule has 0 aromatic heterocycles. The Bertz CT molecular complexity index is 553. The molecule has 0 aliphatic heterocycles. The number of para-hydroxylation sites is 1. The first-order valence-corrected chi connectivity index (χ1v) is 5.48. The summed E-state index contributed by atoms with van der Waals surface area (Å²) in [7, 11) is 0. The molecule has 0 amide bonds. The van der Waals surface area contributed by atoms with Gasteiger partial charge in [-0.25, -0.2) is 8.78 Å². The lowest BCUT2D eigenvalue weighted by Gasteiger charge is -2.13. The van der Waals surface area contributed by atoms with Crippen LogP contribution < -0.4 is 4.74 Å². The number of ether oxygens (including phenoxy) is 1. The predicted octanol–water partition coefficient (Wildman–Crippen LogP) is 3.81. The first-order chi connectivity index (χ1) is 8.58. The molecule has 0 fully saturated rings. The van der Waals surface area contributed by atoms with Crippen LogP contribution in [0, 0.1) is 11.6 Å². The average molecular weight is 250 g/mol. The molecule has 0 aliphatic rings. The van der Waals surface area contributed by atoms with Gasteiger partial charge >= 0.3 is 0 Å². The van der Waals surface area contributed by atoms with E-state index >= 15 is 0 Å². The molecular formula is C14H12F2O2. The van der Waals surface area contributed by atoms with E-state index in [2.05, 4.69) is 0 Å². The highest BCUT2D eigenvalue weighted by molar-refractivity contribution is 5.39. The third-order valence-corrected chi connectivity index (χ3v) is 2.48. The van der Waals surface area contributed by atoms with E-state index < -0.39 is 17.7 Å². The summed E-state index contributed by atoms with van der Waals surface area (Å²) >= 11 is 0. The quantitative estimate of drug-likeness (QED) is 0.897. The van der Waals surface area contributed by atoms with Gasteiger partial charge in [0, 0.05) is 11.6 Å². The zero-order valence-electron chi connectivity index (χ0n) is 9.73. The van der Waals surface area contributed by atoms with Crippen molar-refractivity contribution >= 4 is 0 Å². The molecule has 1 atom stereocenters. The lowest BCUT2D eigenvalue weighted by atomic mass is 10.1. The van der Waals surface area contributed by atoms with Crippen molar-refractivity contribution in [3.8, 4) is 11.5 Å². The van der Waals surface area contributed by atoms with Gasteiger partial charge in [-0.05, 0) is 25.1 Å². The second-order valence-electron chi connectivity index (χ2n) is 3.89. The normalized spacial score (nSPS) is 12.2. The minimum atomic E-state index is -0.782. The van der Waals surface area contributed by atoms with Gasteiger partial charge in [-0.2, -0.15) is 0 Å². The summed E-state index contributed by atoms with van der Waals surface area (Å²) in [6.07, 6.45) is -0.732. The second kappa shape index (κ2) is 5.14. The van der Waals surface area contributed by atoms with Crippen LogP contribution in [0.2, 0.25) is 0 Å². The van der Waals surface area contributed by atoms with Gasteiger partial charge in [-0.15, -0.1) is 0 Å². The fraction of sp³-hybridized carbons (Fsp3) is 0.143. The fourth-order valence-corrected chi connectivity index (χ4v) is 1.60. The van der Waals surface area contributed by atoms with Crippen LogP contribution in [-0.2, 0) is 0 Å². The molecule has 0 saturated carbocycles. The summed E-state index contributed by atoms with van der Waals surface area (Å²) < 4.78 is 31.6. The number of halogens is 2. The van der Waals surface area contributed by atoms with Crippen molar-refractivity contribution < 1.29 is 18.6 Å². The molecule has 94 valence electrons. The Morgan fingerprint density at radius 2 is 1.78 bits per heavy atom. The average Bonchev–Trinajstić information content (AvgIpc) is 2.33. The van der Waals surface area contributed by atoms with E-state index in [4.69, 9.17) is 4.74 Å². The van der Waals surface area contributed by atoms with Crippen molar-refractivity contribution in [2.75, 3.05) is 0 Å². The van der Waals surface area contributed by atoms with Gasteiger partial charge in [0.1, 0.15) is 11.6 Å². The molecule has 1 N–H and O–H groups in total. The van der Waals surface area contributed by atoms with E-state index in [0.29, 0.717) is 11.3 Å². The Balaban J connectivity index is 2.34. The molecule has 0 spiro atoms. The van der Waals surface area contributed by atoms with Crippen LogP contribution in [0.5, 0.6) is 11.5 Å². The van der Waals surface area contributed by atoms with Gasteiger partial charge < -0.3 is 9.84 Å². The van der Waals surface area contributed by atoms with Gasteiger partial charge in [0.25, 0.3) is 0 Å². The van der Waals surface area contributed by atoms with Crippen molar-refractivity contribution in [3.05, 3.63) is 59.7 Å². The number of aliphatic hydroxyl groups is 1. The fourth-order valence-electron chi connectivity index (χ4n) is 1.60. The Kier molecular flexibility index (Phi) is 3.58. The Morgan fingerprint density at radius 3 is 2.44 bits per heavy atom. The van der Waals surface area contributed by atoms with E-state index in [1.54, 1.807) is 31.2 Å². The van der Waals surface area contributed by atoms with Gasteiger partial charge in [0.2, 0.25) is 0 Å². The molecular weight excluding hydrogens is 238 g/mol. The number of hydrogen-bond donors (Lipinski definition) is 1. The SMILES string of the molecule is CC(O)c1ccccc1Oc1ccc(F)cc1F. The molecule has 2 aromatic rings. The number of rotatable bonds is 3. The van der Waals surface area contributed by atoms with Crippen LogP contribution in [0.1, 0.15) is 18.6 Å². The van der Waals surface area contributed by atoms with Crippen molar-refractivity contribution in [1.82, 2.24) is 0 Å². The van der Waals surface area contributed by atoms with Crippen LogP contribution in [0.15, 0.2) is 42.5 Å². The van der Waals surface area contributed by atoms with E-state index in [-0.39, 0.29) is 5.75 Å². The van der Waals surface area contributed by atoms with E-state index in [0.717, 1.165) is 12.1 Å². The highest BCUT2D eigenvalue weighted by Crippen LogP contribution is 2.30. The Labute approximate surface area is 103 Å². The van der Waals surface area contributed by atoms with Crippen LogP contribution >= 0.6 is 0 Å². The molecule has 0 radical (unpaired) electrons. The minimum Gasteiger partial charge on any atom is -0.454 e. The maximum absolute atomic E-state index is 13.4. The van der Waals surface area contributed by atoms with Gasteiger partial charge in [-0.1, -0.05) is 18.2 Å². The minimum absolute atomic E-state index is 0.0792. The summed E-state index contributed by atoms with van der Waals surface area (Å²) in [4.78, 5) is 0. The lowest BCUT2D eigenvalue weighted by molar-refractivity contribution is 0.195. The first-order valence-electron chi connectivity index (χ1n) is 5.48. The van der Waals surface area contributed by atoms with Crippen molar-refractivity contribution in [2.45, 2.75) is 13.0 Å².